The third-order valence-corrected chi connectivity index (χ3v) is 5.75. The zero-order chi connectivity index (χ0) is 22.1. The molecule has 6 heteroatoms. The van der Waals surface area contributed by atoms with Gasteiger partial charge in [-0.25, -0.2) is 4.39 Å². The molecule has 0 aliphatic heterocycles. The number of hydrogen-bond donors (Lipinski definition) is 2. The van der Waals surface area contributed by atoms with Crippen molar-refractivity contribution >= 4 is 23.2 Å². The second kappa shape index (κ2) is 8.24. The van der Waals surface area contributed by atoms with E-state index in [0.717, 1.165) is 4.90 Å². The molecule has 1 aliphatic carbocycles. The average molecular weight is 417 g/mol. The molecule has 0 fully saturated rings. The van der Waals surface area contributed by atoms with E-state index >= 15 is 0 Å². The van der Waals surface area contributed by atoms with E-state index in [4.69, 9.17) is 0 Å². The Bertz CT molecular complexity index is 1200. The van der Waals surface area contributed by atoms with Crippen molar-refractivity contribution in [3.63, 3.8) is 0 Å². The summed E-state index contributed by atoms with van der Waals surface area (Å²) >= 11 is 0. The van der Waals surface area contributed by atoms with Crippen molar-refractivity contribution in [3.8, 4) is 0 Å². The largest absolute Gasteiger partial charge is 0.324 e. The maximum Gasteiger partial charge on any atom is 0.282 e. The predicted octanol–water partition coefficient (Wildman–Crippen LogP) is 2.64. The summed E-state index contributed by atoms with van der Waals surface area (Å²) in [7, 11) is 1.82. The summed E-state index contributed by atoms with van der Waals surface area (Å²) in [6.07, 6.45) is 0. The number of rotatable bonds is 5. The van der Waals surface area contributed by atoms with Crippen LogP contribution >= 0.6 is 0 Å². The Kier molecular flexibility index (Phi) is 5.48. The molecule has 3 aromatic carbocycles. The van der Waals surface area contributed by atoms with E-state index in [1.54, 1.807) is 67.6 Å². The minimum absolute atomic E-state index is 0.203. The fraction of sp³-hybridized carbons (Fsp3) is 0.160. The number of ketones is 2. The van der Waals surface area contributed by atoms with Gasteiger partial charge in [0.05, 0.1) is 7.05 Å². The summed E-state index contributed by atoms with van der Waals surface area (Å²) in [5.74, 6) is -1.00. The molecular weight excluding hydrogens is 395 g/mol. The van der Waals surface area contributed by atoms with Gasteiger partial charge < -0.3 is 10.2 Å². The lowest BCUT2D eigenvalue weighted by atomic mass is 9.84. The van der Waals surface area contributed by atoms with Crippen LogP contribution in [0.25, 0.3) is 0 Å². The number of halogens is 1. The number of nitrogens with one attached hydrogen (secondary N) is 2. The Morgan fingerprint density at radius 2 is 1.48 bits per heavy atom. The van der Waals surface area contributed by atoms with Gasteiger partial charge in [-0.3, -0.25) is 14.4 Å². The number of anilines is 1. The third-order valence-electron chi connectivity index (χ3n) is 5.75. The number of carbonyl (C=O) groups is 3. The van der Waals surface area contributed by atoms with Crippen molar-refractivity contribution in [2.45, 2.75) is 19.5 Å². The molecule has 5 nitrogen and oxygen atoms in total. The second-order valence-electron chi connectivity index (χ2n) is 7.79. The van der Waals surface area contributed by atoms with E-state index < -0.39 is 6.04 Å². The molecule has 0 saturated heterocycles. The Balaban J connectivity index is 1.51. The van der Waals surface area contributed by atoms with Crippen LogP contribution in [0.3, 0.4) is 0 Å². The highest BCUT2D eigenvalue weighted by Gasteiger charge is 2.30. The lowest BCUT2D eigenvalue weighted by Crippen LogP contribution is -3.12. The fourth-order valence-electron chi connectivity index (χ4n) is 3.75. The van der Waals surface area contributed by atoms with Gasteiger partial charge in [-0.2, -0.15) is 0 Å². The number of likely N-dealkylation sites (N-methyl/N-ethyl adjacent to an activating group) is 1. The van der Waals surface area contributed by atoms with Gasteiger partial charge in [0.15, 0.2) is 17.6 Å². The Morgan fingerprint density at radius 1 is 0.903 bits per heavy atom. The van der Waals surface area contributed by atoms with Gasteiger partial charge in [-0.1, -0.05) is 42.5 Å². The molecule has 0 heterocycles. The molecule has 0 spiro atoms. The number of benzene rings is 3. The van der Waals surface area contributed by atoms with Crippen molar-refractivity contribution in [2.24, 2.45) is 0 Å². The Hall–Kier alpha value is -3.64. The number of carbonyl (C=O) groups excluding carboxylic acids is 3. The first-order chi connectivity index (χ1) is 14.9. The molecule has 31 heavy (non-hydrogen) atoms. The summed E-state index contributed by atoms with van der Waals surface area (Å²) < 4.78 is 13.9. The number of amides is 1. The molecule has 2 N–H and O–H groups in total. The van der Waals surface area contributed by atoms with Gasteiger partial charge in [0.1, 0.15) is 12.4 Å². The van der Waals surface area contributed by atoms with E-state index in [1.165, 1.54) is 6.07 Å². The average Bonchev–Trinajstić information content (AvgIpc) is 2.78. The molecule has 0 saturated carbocycles. The smallest absolute Gasteiger partial charge is 0.282 e. The highest BCUT2D eigenvalue weighted by molar-refractivity contribution is 6.28. The lowest BCUT2D eigenvalue weighted by molar-refractivity contribution is -0.908. The van der Waals surface area contributed by atoms with Crippen molar-refractivity contribution < 1.29 is 23.7 Å². The van der Waals surface area contributed by atoms with Gasteiger partial charge in [0, 0.05) is 33.5 Å². The second-order valence-corrected chi connectivity index (χ2v) is 7.79. The molecule has 0 aromatic heterocycles. The molecule has 3 aromatic rings. The first kappa shape index (κ1) is 20.6. The number of quaternary nitrogens is 1. The minimum atomic E-state index is -0.464. The van der Waals surface area contributed by atoms with Crippen LogP contribution < -0.4 is 10.2 Å². The topological polar surface area (TPSA) is 67.7 Å². The standard InChI is InChI=1S/C25H21FN2O3/c1-15(28(2)14-16-7-3-6-10-22(16)26)25(31)27-17-11-12-20-21(13-17)24(30)19-9-5-4-8-18(19)23(20)29/h3-13,15H,14H2,1-2H3,(H,27,31)/p+1/t15-/m0/s1. The molecule has 156 valence electrons. The predicted molar refractivity (Wildman–Crippen MR) is 115 cm³/mol. The molecular formula is C25H22FN2O3+. The van der Waals surface area contributed by atoms with Gasteiger partial charge in [0.25, 0.3) is 5.91 Å². The zero-order valence-electron chi connectivity index (χ0n) is 17.2. The normalized spacial score (nSPS) is 14.4. The summed E-state index contributed by atoms with van der Waals surface area (Å²) in [6.45, 7) is 2.12. The zero-order valence-corrected chi connectivity index (χ0v) is 17.2. The van der Waals surface area contributed by atoms with Crippen LogP contribution in [-0.4, -0.2) is 30.6 Å². The molecule has 0 bridgehead atoms. The number of fused-ring (bicyclic) bond motifs is 2. The van der Waals surface area contributed by atoms with Gasteiger partial charge >= 0.3 is 0 Å². The Labute approximate surface area is 179 Å². The Morgan fingerprint density at radius 3 is 2.16 bits per heavy atom. The van der Waals surface area contributed by atoms with E-state index in [9.17, 15) is 18.8 Å². The summed E-state index contributed by atoms with van der Waals surface area (Å²) in [6, 6.07) is 17.5. The van der Waals surface area contributed by atoms with Crippen molar-refractivity contribution in [1.29, 1.82) is 0 Å². The third kappa shape index (κ3) is 3.90. The van der Waals surface area contributed by atoms with Crippen LogP contribution in [0.15, 0.2) is 66.7 Å². The highest BCUT2D eigenvalue weighted by atomic mass is 19.1. The van der Waals surface area contributed by atoms with Crippen molar-refractivity contribution in [2.75, 3.05) is 12.4 Å². The quantitative estimate of drug-likeness (QED) is 0.525. The van der Waals surface area contributed by atoms with Crippen LogP contribution in [0, 0.1) is 5.82 Å². The van der Waals surface area contributed by atoms with E-state index in [1.807, 2.05) is 7.05 Å². The summed E-state index contributed by atoms with van der Waals surface area (Å²) in [5, 5.41) is 2.82. The maximum absolute atomic E-state index is 13.9. The molecule has 1 aliphatic rings. The van der Waals surface area contributed by atoms with Crippen LogP contribution in [0.5, 0.6) is 0 Å². The fourth-order valence-corrected chi connectivity index (χ4v) is 3.75. The monoisotopic (exact) mass is 417 g/mol. The van der Waals surface area contributed by atoms with Gasteiger partial charge in [0.2, 0.25) is 0 Å². The van der Waals surface area contributed by atoms with Crippen LogP contribution in [0.2, 0.25) is 0 Å². The van der Waals surface area contributed by atoms with Crippen LogP contribution in [-0.2, 0) is 11.3 Å². The van der Waals surface area contributed by atoms with E-state index in [-0.39, 0.29) is 28.9 Å². The van der Waals surface area contributed by atoms with Gasteiger partial charge in [-0.15, -0.1) is 0 Å². The van der Waals surface area contributed by atoms with E-state index in [2.05, 4.69) is 5.32 Å². The van der Waals surface area contributed by atoms with E-state index in [0.29, 0.717) is 34.5 Å². The molecule has 0 radical (unpaired) electrons. The SMILES string of the molecule is C[C@@H](C(=O)Nc1ccc2c(c1)C(=O)c1ccccc1C2=O)[NH+](C)Cc1ccccc1F. The first-order valence-corrected chi connectivity index (χ1v) is 10.1. The lowest BCUT2D eigenvalue weighted by Gasteiger charge is -2.22. The molecule has 4 rings (SSSR count). The van der Waals surface area contributed by atoms with Crippen molar-refractivity contribution in [3.05, 3.63) is 100 Å². The highest BCUT2D eigenvalue weighted by Crippen LogP contribution is 2.29. The molecule has 2 atom stereocenters. The molecule has 1 amide bonds. The van der Waals surface area contributed by atoms with Crippen LogP contribution in [0.4, 0.5) is 10.1 Å². The minimum Gasteiger partial charge on any atom is -0.324 e. The summed E-state index contributed by atoms with van der Waals surface area (Å²) in [5.41, 5.74) is 2.35. The first-order valence-electron chi connectivity index (χ1n) is 10.1. The summed E-state index contributed by atoms with van der Waals surface area (Å²) in [4.78, 5) is 39.2. The van der Waals surface area contributed by atoms with Gasteiger partial charge in [-0.05, 0) is 31.2 Å². The maximum atomic E-state index is 13.9. The van der Waals surface area contributed by atoms with Crippen molar-refractivity contribution in [1.82, 2.24) is 0 Å². The number of hydrogen-bond acceptors (Lipinski definition) is 3. The molecule has 1 unspecified atom stereocenters. The van der Waals surface area contributed by atoms with Crippen LogP contribution in [0.1, 0.15) is 44.3 Å².